The topological polar surface area (TPSA) is 172 Å². The van der Waals surface area contributed by atoms with E-state index in [0.29, 0.717) is 6.04 Å². The van der Waals surface area contributed by atoms with Crippen LogP contribution in [0.1, 0.15) is 26.7 Å². The van der Waals surface area contributed by atoms with Crippen LogP contribution in [0.4, 0.5) is 0 Å². The van der Waals surface area contributed by atoms with Crippen molar-refractivity contribution in [2.24, 2.45) is 17.6 Å². The maximum absolute atomic E-state index is 13.1. The van der Waals surface area contributed by atoms with Crippen molar-refractivity contribution in [1.29, 1.82) is 0 Å². The smallest absolute Gasteiger partial charge is 0.353 e. The van der Waals surface area contributed by atoms with Gasteiger partial charge in [0.15, 0.2) is 0 Å². The number of rotatable bonds is 9. The minimum atomic E-state index is -1.08. The van der Waals surface area contributed by atoms with Gasteiger partial charge in [-0.05, 0) is 36.7 Å². The van der Waals surface area contributed by atoms with Crippen LogP contribution in [0.5, 0.6) is 0 Å². The van der Waals surface area contributed by atoms with Gasteiger partial charge in [-0.15, -0.1) is 16.9 Å². The zero-order valence-corrected chi connectivity index (χ0v) is 21.2. The number of nitrogens with one attached hydrogen (secondary N) is 2. The van der Waals surface area contributed by atoms with E-state index in [-0.39, 0.29) is 47.3 Å². The Balaban J connectivity index is 1.21. The number of carbonyl (C=O) groups is 3. The Labute approximate surface area is 213 Å². The SMILES string of the molecule is C[C@@H](NC(=O)Cn1cnnn1)[C@H]1C(=O)N2C(C(=O)O)=C(S[C@@H]3CN[C@H](CN4CC[C@@H](N)C4)C3)[C@H](C)[C@H]12. The second-order valence-electron chi connectivity index (χ2n) is 10.3. The average Bonchev–Trinajstić information content (AvgIpc) is 3.59. The molecular weight excluding hydrogens is 486 g/mol. The van der Waals surface area contributed by atoms with Crippen molar-refractivity contribution in [2.75, 3.05) is 26.2 Å². The van der Waals surface area contributed by atoms with E-state index in [0.717, 1.165) is 43.9 Å². The van der Waals surface area contributed by atoms with Crippen LogP contribution in [0.2, 0.25) is 0 Å². The van der Waals surface area contributed by atoms with Crippen LogP contribution in [0, 0.1) is 11.8 Å². The molecule has 14 heteroatoms. The first-order valence-electron chi connectivity index (χ1n) is 12.4. The molecule has 196 valence electrons. The average molecular weight is 520 g/mol. The number of carbonyl (C=O) groups excluding carboxylic acids is 2. The number of carboxylic acids is 1. The van der Waals surface area contributed by atoms with Gasteiger partial charge in [0.1, 0.15) is 18.6 Å². The third-order valence-electron chi connectivity index (χ3n) is 7.68. The lowest BCUT2D eigenvalue weighted by Gasteiger charge is -2.47. The molecule has 7 atom stereocenters. The molecule has 5 heterocycles. The molecule has 3 saturated heterocycles. The predicted molar refractivity (Wildman–Crippen MR) is 130 cm³/mol. The molecule has 0 saturated carbocycles. The number of tetrazole rings is 1. The molecular formula is C22H33N9O4S. The summed E-state index contributed by atoms with van der Waals surface area (Å²) in [6.45, 7) is 7.40. The quantitative estimate of drug-likeness (QED) is 0.278. The number of fused-ring (bicyclic) bond motifs is 1. The first-order valence-corrected chi connectivity index (χ1v) is 13.3. The number of nitrogens with zero attached hydrogens (tertiary/aromatic N) is 6. The van der Waals surface area contributed by atoms with E-state index in [9.17, 15) is 19.5 Å². The van der Waals surface area contributed by atoms with Gasteiger partial charge < -0.3 is 31.3 Å². The Morgan fingerprint density at radius 2 is 2.22 bits per heavy atom. The standard InChI is InChI=1S/C22H33N9O4S/c1-11-18-17(12(2)26-16(32)9-30-10-25-27-28-30)21(33)31(18)19(22(34)35)20(11)36-15-5-14(24-6-15)8-29-4-3-13(23)7-29/h10-15,17-18,24H,3-9,23H2,1-2H3,(H,26,32)(H,34,35)/t11-,12-,13-,14+,15+,17-,18-/m1/s1. The highest BCUT2D eigenvalue weighted by atomic mass is 32.2. The molecule has 0 unspecified atom stereocenters. The number of aliphatic carboxylic acids is 1. The Morgan fingerprint density at radius 1 is 1.42 bits per heavy atom. The fraction of sp³-hybridized carbons (Fsp3) is 0.727. The molecule has 36 heavy (non-hydrogen) atoms. The number of hydrogen-bond donors (Lipinski definition) is 4. The molecule has 13 nitrogen and oxygen atoms in total. The van der Waals surface area contributed by atoms with Crippen molar-refractivity contribution >= 4 is 29.5 Å². The van der Waals surface area contributed by atoms with Gasteiger partial charge in [-0.1, -0.05) is 6.92 Å². The highest BCUT2D eigenvalue weighted by molar-refractivity contribution is 8.03. The summed E-state index contributed by atoms with van der Waals surface area (Å²) in [4.78, 5) is 42.3. The molecule has 0 aliphatic carbocycles. The number of aromatic nitrogens is 4. The van der Waals surface area contributed by atoms with Crippen molar-refractivity contribution in [3.05, 3.63) is 16.9 Å². The third-order valence-corrected chi connectivity index (χ3v) is 9.19. The maximum Gasteiger partial charge on any atom is 0.353 e. The summed E-state index contributed by atoms with van der Waals surface area (Å²) in [6, 6.07) is -0.138. The molecule has 0 aromatic carbocycles. The van der Waals surface area contributed by atoms with Crippen LogP contribution >= 0.6 is 11.8 Å². The minimum Gasteiger partial charge on any atom is -0.477 e. The number of amides is 2. The van der Waals surface area contributed by atoms with Crippen LogP contribution in [0.3, 0.4) is 0 Å². The molecule has 3 fully saturated rings. The number of carboxylic acid groups (broad SMARTS) is 1. The Hall–Kier alpha value is -2.55. The van der Waals surface area contributed by atoms with E-state index in [2.05, 4.69) is 31.1 Å². The van der Waals surface area contributed by atoms with Crippen molar-refractivity contribution < 1.29 is 19.5 Å². The highest BCUT2D eigenvalue weighted by Gasteiger charge is 2.60. The normalized spacial score (nSPS) is 33.1. The highest BCUT2D eigenvalue weighted by Crippen LogP contribution is 2.51. The van der Waals surface area contributed by atoms with E-state index < -0.39 is 17.9 Å². The van der Waals surface area contributed by atoms with Crippen molar-refractivity contribution in [1.82, 2.24) is 40.6 Å². The molecule has 5 rings (SSSR count). The Bertz CT molecular complexity index is 1050. The molecule has 0 bridgehead atoms. The summed E-state index contributed by atoms with van der Waals surface area (Å²) >= 11 is 1.59. The summed E-state index contributed by atoms with van der Waals surface area (Å²) < 4.78 is 1.30. The van der Waals surface area contributed by atoms with Gasteiger partial charge in [0.05, 0.1) is 12.0 Å². The van der Waals surface area contributed by atoms with E-state index >= 15 is 0 Å². The monoisotopic (exact) mass is 519 g/mol. The maximum atomic E-state index is 13.1. The van der Waals surface area contributed by atoms with Gasteiger partial charge in [0.2, 0.25) is 11.8 Å². The number of thioether (sulfide) groups is 1. The molecule has 4 aliphatic rings. The number of β-lactam (4-membered cyclic amide) rings is 1. The number of likely N-dealkylation sites (tertiary alicyclic amines) is 1. The van der Waals surface area contributed by atoms with Gasteiger partial charge in [0.25, 0.3) is 0 Å². The summed E-state index contributed by atoms with van der Waals surface area (Å²) in [5.41, 5.74) is 6.13. The van der Waals surface area contributed by atoms with Gasteiger partial charge in [-0.2, -0.15) is 0 Å². The largest absolute Gasteiger partial charge is 0.477 e. The van der Waals surface area contributed by atoms with Gasteiger partial charge in [0, 0.05) is 53.8 Å². The van der Waals surface area contributed by atoms with E-state index in [1.165, 1.54) is 15.9 Å². The van der Waals surface area contributed by atoms with Gasteiger partial charge in [-0.25, -0.2) is 9.48 Å². The third kappa shape index (κ3) is 4.74. The summed E-state index contributed by atoms with van der Waals surface area (Å²) in [6.07, 6.45) is 3.31. The Kier molecular flexibility index (Phi) is 7.03. The van der Waals surface area contributed by atoms with E-state index in [1.54, 1.807) is 18.7 Å². The van der Waals surface area contributed by atoms with Crippen molar-refractivity contribution in [3.63, 3.8) is 0 Å². The van der Waals surface area contributed by atoms with E-state index in [1.807, 2.05) is 6.92 Å². The second-order valence-corrected chi connectivity index (χ2v) is 11.6. The first kappa shape index (κ1) is 25.1. The molecule has 1 aromatic heterocycles. The fourth-order valence-electron chi connectivity index (χ4n) is 6.02. The summed E-state index contributed by atoms with van der Waals surface area (Å²) in [5, 5.41) is 27.4. The second kappa shape index (κ2) is 10.1. The number of nitrogens with two attached hydrogens (primary N) is 1. The lowest BCUT2D eigenvalue weighted by atomic mass is 9.78. The summed E-state index contributed by atoms with van der Waals surface area (Å²) in [5.74, 6) is -2.27. The Morgan fingerprint density at radius 3 is 2.89 bits per heavy atom. The predicted octanol–water partition coefficient (Wildman–Crippen LogP) is -1.55. The van der Waals surface area contributed by atoms with E-state index in [4.69, 9.17) is 5.73 Å². The lowest BCUT2D eigenvalue weighted by Crippen LogP contribution is -2.66. The molecule has 1 aromatic rings. The number of hydrogen-bond acceptors (Lipinski definition) is 10. The lowest BCUT2D eigenvalue weighted by molar-refractivity contribution is -0.158. The van der Waals surface area contributed by atoms with Crippen LogP contribution in [0.25, 0.3) is 0 Å². The van der Waals surface area contributed by atoms with Crippen LogP contribution < -0.4 is 16.4 Å². The van der Waals surface area contributed by atoms with Crippen LogP contribution in [0.15, 0.2) is 16.9 Å². The summed E-state index contributed by atoms with van der Waals surface area (Å²) in [7, 11) is 0. The minimum absolute atomic E-state index is 0.0544. The molecule has 5 N–H and O–H groups in total. The fourth-order valence-corrected chi connectivity index (χ4v) is 7.54. The molecule has 2 amide bonds. The molecule has 0 spiro atoms. The first-order chi connectivity index (χ1) is 17.2. The van der Waals surface area contributed by atoms with Crippen LogP contribution in [-0.4, -0.2) is 108 Å². The zero-order chi connectivity index (χ0) is 25.6. The molecule has 0 radical (unpaired) electrons. The van der Waals surface area contributed by atoms with Crippen LogP contribution in [-0.2, 0) is 20.9 Å². The van der Waals surface area contributed by atoms with Gasteiger partial charge in [-0.3, -0.25) is 9.59 Å². The van der Waals surface area contributed by atoms with Crippen molar-refractivity contribution in [3.8, 4) is 0 Å². The molecule has 4 aliphatic heterocycles. The van der Waals surface area contributed by atoms with Crippen molar-refractivity contribution in [2.45, 2.75) is 62.7 Å². The zero-order valence-electron chi connectivity index (χ0n) is 20.4. The van der Waals surface area contributed by atoms with Gasteiger partial charge >= 0.3 is 5.97 Å².